The lowest BCUT2D eigenvalue weighted by Gasteiger charge is -2.07. The third-order valence-corrected chi connectivity index (χ3v) is 3.96. The lowest BCUT2D eigenvalue weighted by molar-refractivity contribution is 0.304. The van der Waals surface area contributed by atoms with E-state index in [9.17, 15) is 5.11 Å². The summed E-state index contributed by atoms with van der Waals surface area (Å²) in [6, 6.07) is 15.3. The Labute approximate surface area is 145 Å². The minimum absolute atomic E-state index is 0.285. The fourth-order valence-corrected chi connectivity index (χ4v) is 2.60. The number of ether oxygens (including phenoxy) is 1. The van der Waals surface area contributed by atoms with Crippen molar-refractivity contribution in [2.24, 2.45) is 0 Å². The third-order valence-electron chi connectivity index (χ3n) is 3.96. The molecule has 2 rings (SSSR count). The van der Waals surface area contributed by atoms with Gasteiger partial charge in [0.15, 0.2) is 0 Å². The van der Waals surface area contributed by atoms with Crippen LogP contribution in [-0.2, 0) is 0 Å². The average Bonchev–Trinajstić information content (AvgIpc) is 2.60. The summed E-state index contributed by atoms with van der Waals surface area (Å²) in [5.41, 5.74) is 2.08. The maximum atomic E-state index is 9.49. The fourth-order valence-electron chi connectivity index (χ4n) is 2.60. The van der Waals surface area contributed by atoms with Crippen molar-refractivity contribution in [2.45, 2.75) is 45.4 Å². The Bertz CT molecular complexity index is 631. The molecule has 0 aliphatic rings. The molecular formula is C22H28O2. The number of unbranched alkanes of at least 4 members (excludes halogenated alkanes) is 5. The first-order valence-corrected chi connectivity index (χ1v) is 8.98. The SMILES string of the molecule is CCCCCCCCOc1cccc(/C=C/c2cccc(O)c2)c1. The molecule has 0 spiro atoms. The zero-order chi connectivity index (χ0) is 17.0. The molecule has 0 bridgehead atoms. The molecule has 1 N–H and O–H groups in total. The van der Waals surface area contributed by atoms with Crippen LogP contribution in [-0.4, -0.2) is 11.7 Å². The van der Waals surface area contributed by atoms with Crippen molar-refractivity contribution in [2.75, 3.05) is 6.61 Å². The van der Waals surface area contributed by atoms with Gasteiger partial charge in [-0.15, -0.1) is 0 Å². The van der Waals surface area contributed by atoms with Crippen LogP contribution in [0.25, 0.3) is 12.2 Å². The Kier molecular flexibility index (Phi) is 7.96. The number of benzene rings is 2. The van der Waals surface area contributed by atoms with Crippen molar-refractivity contribution in [3.05, 3.63) is 59.7 Å². The van der Waals surface area contributed by atoms with Gasteiger partial charge in [-0.1, -0.05) is 75.4 Å². The van der Waals surface area contributed by atoms with Gasteiger partial charge in [0.05, 0.1) is 6.61 Å². The second-order valence-corrected chi connectivity index (χ2v) is 6.12. The summed E-state index contributed by atoms with van der Waals surface area (Å²) >= 11 is 0. The molecule has 2 nitrogen and oxygen atoms in total. The van der Waals surface area contributed by atoms with Crippen molar-refractivity contribution in [1.82, 2.24) is 0 Å². The van der Waals surface area contributed by atoms with E-state index in [-0.39, 0.29) is 5.75 Å². The zero-order valence-corrected chi connectivity index (χ0v) is 14.6. The largest absolute Gasteiger partial charge is 0.508 e. The number of rotatable bonds is 10. The van der Waals surface area contributed by atoms with E-state index < -0.39 is 0 Å². The molecule has 0 atom stereocenters. The smallest absolute Gasteiger partial charge is 0.119 e. The molecule has 128 valence electrons. The topological polar surface area (TPSA) is 29.5 Å². The van der Waals surface area contributed by atoms with Gasteiger partial charge in [-0.2, -0.15) is 0 Å². The second-order valence-electron chi connectivity index (χ2n) is 6.12. The van der Waals surface area contributed by atoms with Gasteiger partial charge in [0.2, 0.25) is 0 Å². The molecule has 0 amide bonds. The van der Waals surface area contributed by atoms with Gasteiger partial charge in [0.1, 0.15) is 11.5 Å². The van der Waals surface area contributed by atoms with Crippen LogP contribution in [0.2, 0.25) is 0 Å². The summed E-state index contributed by atoms with van der Waals surface area (Å²) in [6.07, 6.45) is 11.7. The highest BCUT2D eigenvalue weighted by atomic mass is 16.5. The molecule has 0 aliphatic heterocycles. The summed E-state index contributed by atoms with van der Waals surface area (Å²) in [5, 5.41) is 9.49. The van der Waals surface area contributed by atoms with E-state index in [1.807, 2.05) is 36.4 Å². The first-order chi connectivity index (χ1) is 11.8. The van der Waals surface area contributed by atoms with Crippen LogP contribution in [0.1, 0.15) is 56.6 Å². The normalized spacial score (nSPS) is 11.0. The third kappa shape index (κ3) is 6.91. The van der Waals surface area contributed by atoms with E-state index in [1.54, 1.807) is 12.1 Å². The van der Waals surface area contributed by atoms with Crippen LogP contribution >= 0.6 is 0 Å². The van der Waals surface area contributed by atoms with E-state index in [0.29, 0.717) is 0 Å². The highest BCUT2D eigenvalue weighted by Crippen LogP contribution is 2.18. The molecule has 0 saturated carbocycles. The second kappa shape index (κ2) is 10.5. The van der Waals surface area contributed by atoms with Crippen LogP contribution < -0.4 is 4.74 Å². The minimum Gasteiger partial charge on any atom is -0.508 e. The first kappa shape index (κ1) is 18.1. The Morgan fingerprint density at radius 1 is 0.833 bits per heavy atom. The Morgan fingerprint density at radius 3 is 2.25 bits per heavy atom. The van der Waals surface area contributed by atoms with Crippen LogP contribution in [0.3, 0.4) is 0 Å². The molecule has 0 heterocycles. The zero-order valence-electron chi connectivity index (χ0n) is 14.6. The van der Waals surface area contributed by atoms with Crippen molar-refractivity contribution in [3.63, 3.8) is 0 Å². The summed E-state index contributed by atoms with van der Waals surface area (Å²) in [5.74, 6) is 1.20. The van der Waals surface area contributed by atoms with Crippen molar-refractivity contribution in [1.29, 1.82) is 0 Å². The van der Waals surface area contributed by atoms with Gasteiger partial charge in [0.25, 0.3) is 0 Å². The van der Waals surface area contributed by atoms with Gasteiger partial charge in [-0.3, -0.25) is 0 Å². The van der Waals surface area contributed by atoms with E-state index >= 15 is 0 Å². The van der Waals surface area contributed by atoms with Crippen molar-refractivity contribution < 1.29 is 9.84 Å². The number of aromatic hydroxyl groups is 1. The van der Waals surface area contributed by atoms with E-state index in [0.717, 1.165) is 29.9 Å². The highest BCUT2D eigenvalue weighted by molar-refractivity contribution is 5.70. The fraction of sp³-hybridized carbons (Fsp3) is 0.364. The molecule has 0 saturated heterocycles. The average molecular weight is 324 g/mol. The van der Waals surface area contributed by atoms with Crippen LogP contribution in [0, 0.1) is 0 Å². The van der Waals surface area contributed by atoms with Gasteiger partial charge in [-0.25, -0.2) is 0 Å². The molecule has 2 heteroatoms. The van der Waals surface area contributed by atoms with E-state index in [2.05, 4.69) is 19.1 Å². The van der Waals surface area contributed by atoms with Crippen LogP contribution in [0.15, 0.2) is 48.5 Å². The van der Waals surface area contributed by atoms with Crippen LogP contribution in [0.5, 0.6) is 11.5 Å². The molecule has 0 aromatic heterocycles. The van der Waals surface area contributed by atoms with Gasteiger partial charge in [-0.05, 0) is 41.8 Å². The Hall–Kier alpha value is -2.22. The monoisotopic (exact) mass is 324 g/mol. The number of hydrogen-bond acceptors (Lipinski definition) is 2. The standard InChI is InChI=1S/C22H28O2/c1-2-3-4-5-6-7-16-24-22-13-9-11-20(18-22)15-14-19-10-8-12-21(23)17-19/h8-15,17-18,23H,2-7,16H2,1H3/b15-14+. The first-order valence-electron chi connectivity index (χ1n) is 8.98. The lowest BCUT2D eigenvalue weighted by atomic mass is 10.1. The van der Waals surface area contributed by atoms with Crippen molar-refractivity contribution in [3.8, 4) is 11.5 Å². The molecular weight excluding hydrogens is 296 g/mol. The predicted octanol–water partition coefficient (Wildman–Crippen LogP) is 6.30. The number of phenols is 1. The highest BCUT2D eigenvalue weighted by Gasteiger charge is 1.96. The Balaban J connectivity index is 1.79. The number of hydrogen-bond donors (Lipinski definition) is 1. The molecule has 0 unspecified atom stereocenters. The molecule has 0 fully saturated rings. The van der Waals surface area contributed by atoms with Crippen LogP contribution in [0.4, 0.5) is 0 Å². The number of phenolic OH excluding ortho intramolecular Hbond substituents is 1. The molecule has 0 radical (unpaired) electrons. The molecule has 0 aliphatic carbocycles. The van der Waals surface area contributed by atoms with E-state index in [1.165, 1.54) is 32.1 Å². The lowest BCUT2D eigenvalue weighted by Crippen LogP contribution is -1.97. The molecule has 24 heavy (non-hydrogen) atoms. The quantitative estimate of drug-likeness (QED) is 0.410. The molecule has 2 aromatic carbocycles. The van der Waals surface area contributed by atoms with Gasteiger partial charge >= 0.3 is 0 Å². The summed E-state index contributed by atoms with van der Waals surface area (Å²) in [6.45, 7) is 3.02. The van der Waals surface area contributed by atoms with E-state index in [4.69, 9.17) is 4.74 Å². The maximum absolute atomic E-state index is 9.49. The minimum atomic E-state index is 0.285. The Morgan fingerprint density at radius 2 is 1.50 bits per heavy atom. The summed E-state index contributed by atoms with van der Waals surface area (Å²) < 4.78 is 5.85. The van der Waals surface area contributed by atoms with Gasteiger partial charge < -0.3 is 9.84 Å². The van der Waals surface area contributed by atoms with Gasteiger partial charge in [0, 0.05) is 0 Å². The predicted molar refractivity (Wildman–Crippen MR) is 102 cm³/mol. The summed E-state index contributed by atoms with van der Waals surface area (Å²) in [7, 11) is 0. The summed E-state index contributed by atoms with van der Waals surface area (Å²) in [4.78, 5) is 0. The maximum Gasteiger partial charge on any atom is 0.119 e. The molecule has 2 aromatic rings. The van der Waals surface area contributed by atoms with Crippen molar-refractivity contribution >= 4 is 12.2 Å².